The number of carbonyl (C=O) groups excluding carboxylic acids is 2. The number of hydrogen-bond acceptors (Lipinski definition) is 6. The number of ether oxygens (including phenoxy) is 1. The number of thioether (sulfide) groups is 1. The molecule has 8 heteroatoms. The first-order chi connectivity index (χ1) is 14.0. The molecule has 0 aliphatic carbocycles. The Morgan fingerprint density at radius 1 is 1.24 bits per heavy atom. The van der Waals surface area contributed by atoms with Gasteiger partial charge in [-0.05, 0) is 37.3 Å². The van der Waals surface area contributed by atoms with Gasteiger partial charge in [-0.3, -0.25) is 9.78 Å². The van der Waals surface area contributed by atoms with Crippen LogP contribution in [0.25, 0.3) is 10.9 Å². The predicted octanol–water partition coefficient (Wildman–Crippen LogP) is 4.09. The van der Waals surface area contributed by atoms with E-state index in [4.69, 9.17) is 10.00 Å². The molecule has 0 fully saturated rings. The fourth-order valence-electron chi connectivity index (χ4n) is 2.64. The fourth-order valence-corrected chi connectivity index (χ4v) is 3.31. The number of hydrogen-bond donors (Lipinski definition) is 1. The molecule has 1 amide bonds. The minimum Gasteiger partial charge on any atom is -0.452 e. The van der Waals surface area contributed by atoms with Crippen molar-refractivity contribution in [3.8, 4) is 6.07 Å². The zero-order chi connectivity index (χ0) is 20.8. The van der Waals surface area contributed by atoms with Gasteiger partial charge in [0.05, 0.1) is 34.3 Å². The maximum Gasteiger partial charge on any atom is 0.340 e. The van der Waals surface area contributed by atoms with Crippen LogP contribution in [0.15, 0.2) is 53.4 Å². The van der Waals surface area contributed by atoms with Crippen LogP contribution in [0.4, 0.5) is 10.1 Å². The Kier molecular flexibility index (Phi) is 6.42. The molecule has 3 aromatic rings. The van der Waals surface area contributed by atoms with Crippen molar-refractivity contribution in [3.63, 3.8) is 0 Å². The summed E-state index contributed by atoms with van der Waals surface area (Å²) in [5.74, 6) is -1.36. The van der Waals surface area contributed by atoms with E-state index in [2.05, 4.69) is 10.3 Å². The van der Waals surface area contributed by atoms with Crippen molar-refractivity contribution in [1.29, 1.82) is 5.26 Å². The maximum absolute atomic E-state index is 13.3. The molecule has 1 N–H and O–H groups in total. The molecule has 0 aliphatic rings. The zero-order valence-electron chi connectivity index (χ0n) is 15.4. The molecular formula is C21H16FN3O3S. The van der Waals surface area contributed by atoms with E-state index in [1.165, 1.54) is 30.0 Å². The SMILES string of the molecule is Cc1nc2cc(F)ccc2cc1C(=O)OCC(=O)Nc1ccccc1SCC#N. The number of amides is 1. The van der Waals surface area contributed by atoms with E-state index in [0.717, 1.165) is 4.90 Å². The Morgan fingerprint density at radius 3 is 2.83 bits per heavy atom. The highest BCUT2D eigenvalue weighted by atomic mass is 32.2. The first-order valence-corrected chi connectivity index (χ1v) is 9.59. The first-order valence-electron chi connectivity index (χ1n) is 8.60. The third-order valence-electron chi connectivity index (χ3n) is 3.98. The van der Waals surface area contributed by atoms with Gasteiger partial charge in [0, 0.05) is 16.3 Å². The van der Waals surface area contributed by atoms with Crippen LogP contribution in [0.5, 0.6) is 0 Å². The molecule has 0 bridgehead atoms. The summed E-state index contributed by atoms with van der Waals surface area (Å²) in [5, 5.41) is 12.0. The minimum absolute atomic E-state index is 0.210. The number of aromatic nitrogens is 1. The van der Waals surface area contributed by atoms with Crippen LogP contribution in [-0.4, -0.2) is 29.2 Å². The van der Waals surface area contributed by atoms with E-state index in [1.807, 2.05) is 6.07 Å². The second-order valence-corrected chi connectivity index (χ2v) is 7.04. The number of anilines is 1. The first kappa shape index (κ1) is 20.3. The van der Waals surface area contributed by atoms with Crippen molar-refractivity contribution in [1.82, 2.24) is 4.98 Å². The van der Waals surface area contributed by atoms with Crippen molar-refractivity contribution < 1.29 is 18.7 Å². The lowest BCUT2D eigenvalue weighted by molar-refractivity contribution is -0.119. The summed E-state index contributed by atoms with van der Waals surface area (Å²) in [6.45, 7) is 1.14. The number of benzene rings is 2. The quantitative estimate of drug-likeness (QED) is 0.487. The Hall–Kier alpha value is -3.44. The molecule has 0 radical (unpaired) electrons. The van der Waals surface area contributed by atoms with Crippen LogP contribution in [-0.2, 0) is 9.53 Å². The summed E-state index contributed by atoms with van der Waals surface area (Å²) < 4.78 is 18.4. The smallest absolute Gasteiger partial charge is 0.340 e. The largest absolute Gasteiger partial charge is 0.452 e. The lowest BCUT2D eigenvalue weighted by Gasteiger charge is -2.11. The van der Waals surface area contributed by atoms with Crippen molar-refractivity contribution in [3.05, 3.63) is 65.6 Å². The van der Waals surface area contributed by atoms with E-state index in [1.54, 1.807) is 37.3 Å². The molecule has 3 rings (SSSR count). The van der Waals surface area contributed by atoms with E-state index < -0.39 is 24.3 Å². The molecular weight excluding hydrogens is 393 g/mol. The van der Waals surface area contributed by atoms with Crippen LogP contribution >= 0.6 is 11.8 Å². The second-order valence-electron chi connectivity index (χ2n) is 6.03. The number of aryl methyl sites for hydroxylation is 1. The molecule has 0 atom stereocenters. The highest BCUT2D eigenvalue weighted by Gasteiger charge is 2.16. The lowest BCUT2D eigenvalue weighted by atomic mass is 10.1. The summed E-state index contributed by atoms with van der Waals surface area (Å²) in [7, 11) is 0. The standard InChI is InChI=1S/C21H16FN3O3S/c1-13-16(10-14-6-7-15(22)11-18(14)24-13)21(27)28-12-20(26)25-17-4-2-3-5-19(17)29-9-8-23/h2-7,10-11H,9,12H2,1H3,(H,25,26). The number of nitrogens with one attached hydrogen (secondary N) is 1. The molecule has 0 unspecified atom stereocenters. The third kappa shape index (κ3) is 5.09. The molecule has 1 aromatic heterocycles. The second kappa shape index (κ2) is 9.17. The fraction of sp³-hybridized carbons (Fsp3) is 0.143. The summed E-state index contributed by atoms with van der Waals surface area (Å²) in [5.41, 5.74) is 1.57. The van der Waals surface area contributed by atoms with Crippen molar-refractivity contribution >= 4 is 40.2 Å². The van der Waals surface area contributed by atoms with E-state index >= 15 is 0 Å². The molecule has 0 saturated carbocycles. The van der Waals surface area contributed by atoms with Gasteiger partial charge in [-0.25, -0.2) is 9.18 Å². The lowest BCUT2D eigenvalue weighted by Crippen LogP contribution is -2.21. The van der Waals surface area contributed by atoms with Crippen LogP contribution in [0.1, 0.15) is 16.1 Å². The molecule has 0 spiro atoms. The van der Waals surface area contributed by atoms with Crippen molar-refractivity contribution in [2.45, 2.75) is 11.8 Å². The normalized spacial score (nSPS) is 10.4. The number of para-hydroxylation sites is 1. The number of pyridine rings is 1. The molecule has 6 nitrogen and oxygen atoms in total. The van der Waals surface area contributed by atoms with Gasteiger partial charge in [0.1, 0.15) is 5.82 Å². The highest BCUT2D eigenvalue weighted by molar-refractivity contribution is 7.99. The van der Waals surface area contributed by atoms with Gasteiger partial charge in [-0.15, -0.1) is 11.8 Å². The van der Waals surface area contributed by atoms with Gasteiger partial charge in [-0.2, -0.15) is 5.26 Å². The minimum atomic E-state index is -0.691. The molecule has 146 valence electrons. The van der Waals surface area contributed by atoms with Crippen LogP contribution < -0.4 is 5.32 Å². The topological polar surface area (TPSA) is 92.1 Å². The van der Waals surface area contributed by atoms with Crippen LogP contribution in [0.2, 0.25) is 0 Å². The molecule has 1 heterocycles. The number of nitrogens with zero attached hydrogens (tertiary/aromatic N) is 2. The van der Waals surface area contributed by atoms with Gasteiger partial charge in [0.15, 0.2) is 6.61 Å². The van der Waals surface area contributed by atoms with E-state index in [-0.39, 0.29) is 11.3 Å². The molecule has 2 aromatic carbocycles. The number of fused-ring (bicyclic) bond motifs is 1. The molecule has 0 saturated heterocycles. The molecule has 29 heavy (non-hydrogen) atoms. The Balaban J connectivity index is 1.66. The number of rotatable bonds is 6. The van der Waals surface area contributed by atoms with Gasteiger partial charge in [-0.1, -0.05) is 12.1 Å². The average Bonchev–Trinajstić information content (AvgIpc) is 2.70. The number of esters is 1. The van der Waals surface area contributed by atoms with Crippen LogP contribution in [0, 0.1) is 24.1 Å². The maximum atomic E-state index is 13.3. The van der Waals surface area contributed by atoms with Crippen LogP contribution in [0.3, 0.4) is 0 Å². The summed E-state index contributed by atoms with van der Waals surface area (Å²) in [6.07, 6.45) is 0. The zero-order valence-corrected chi connectivity index (χ0v) is 16.3. The summed E-state index contributed by atoms with van der Waals surface area (Å²) in [4.78, 5) is 29.5. The predicted molar refractivity (Wildman–Crippen MR) is 108 cm³/mol. The molecule has 0 aliphatic heterocycles. The number of carbonyl (C=O) groups is 2. The Morgan fingerprint density at radius 2 is 2.03 bits per heavy atom. The van der Waals surface area contributed by atoms with Gasteiger partial charge < -0.3 is 10.1 Å². The summed E-state index contributed by atoms with van der Waals surface area (Å²) in [6, 6.07) is 14.7. The van der Waals surface area contributed by atoms with Crippen molar-refractivity contribution in [2.24, 2.45) is 0 Å². The van der Waals surface area contributed by atoms with Gasteiger partial charge >= 0.3 is 5.97 Å². The third-order valence-corrected chi connectivity index (χ3v) is 4.92. The van der Waals surface area contributed by atoms with Crippen molar-refractivity contribution in [2.75, 3.05) is 17.7 Å². The number of nitriles is 1. The van der Waals surface area contributed by atoms with E-state index in [0.29, 0.717) is 22.3 Å². The monoisotopic (exact) mass is 409 g/mol. The average molecular weight is 409 g/mol. The van der Waals surface area contributed by atoms with E-state index in [9.17, 15) is 14.0 Å². The Bertz CT molecular complexity index is 1130. The summed E-state index contributed by atoms with van der Waals surface area (Å²) >= 11 is 1.30. The van der Waals surface area contributed by atoms with Gasteiger partial charge in [0.25, 0.3) is 5.91 Å². The van der Waals surface area contributed by atoms with Gasteiger partial charge in [0.2, 0.25) is 0 Å². The Labute approximate surface area is 170 Å². The highest BCUT2D eigenvalue weighted by Crippen LogP contribution is 2.26. The number of halogens is 1.